The molecular weight excluding hydrogens is 462 g/mol. The first-order valence-corrected chi connectivity index (χ1v) is 13.8. The lowest BCUT2D eigenvalue weighted by Crippen LogP contribution is -2.35. The Balaban J connectivity index is 2.16. The van der Waals surface area contributed by atoms with Crippen molar-refractivity contribution in [2.24, 2.45) is 5.41 Å². The second-order valence-electron chi connectivity index (χ2n) is 8.73. The number of carboxylic acids is 1. The van der Waals surface area contributed by atoms with Gasteiger partial charge in [-0.1, -0.05) is 44.9 Å². The number of unbranched alkanes of at least 4 members (excludes halogenated alkanes) is 1. The lowest BCUT2D eigenvalue weighted by atomic mass is 9.86. The van der Waals surface area contributed by atoms with Gasteiger partial charge in [0.1, 0.15) is 12.4 Å². The highest BCUT2D eigenvalue weighted by atomic mass is 32.2. The van der Waals surface area contributed by atoms with E-state index in [0.717, 1.165) is 24.9 Å². The number of aliphatic hydroxyl groups excluding tert-OH is 1. The Morgan fingerprint density at radius 3 is 2.58 bits per heavy atom. The van der Waals surface area contributed by atoms with Crippen LogP contribution >= 0.6 is 11.8 Å². The highest BCUT2D eigenvalue weighted by Crippen LogP contribution is 2.46. The van der Waals surface area contributed by atoms with Crippen molar-refractivity contribution in [3.63, 3.8) is 0 Å². The lowest BCUT2D eigenvalue weighted by Gasteiger charge is -2.34. The third-order valence-corrected chi connectivity index (χ3v) is 8.67. The maximum Gasteiger partial charge on any atom is 0.336 e. The molecule has 1 aliphatic heterocycles. The van der Waals surface area contributed by atoms with Gasteiger partial charge in [-0.15, -0.1) is 11.8 Å². The summed E-state index contributed by atoms with van der Waals surface area (Å²) in [5, 5.41) is 18.6. The third kappa shape index (κ3) is 5.83. The van der Waals surface area contributed by atoms with Crippen molar-refractivity contribution in [2.45, 2.75) is 49.0 Å². The normalized spacial score (nSPS) is 20.5. The molecule has 0 aliphatic carbocycles. The Labute approximate surface area is 199 Å². The monoisotopic (exact) mass is 493 g/mol. The summed E-state index contributed by atoms with van der Waals surface area (Å²) < 4.78 is 32.8. The van der Waals surface area contributed by atoms with E-state index < -0.39 is 33.9 Å². The maximum atomic E-state index is 13.6. The highest BCUT2D eigenvalue weighted by Gasteiger charge is 2.40. The fourth-order valence-corrected chi connectivity index (χ4v) is 6.78. The van der Waals surface area contributed by atoms with Gasteiger partial charge in [0.05, 0.1) is 21.2 Å². The Morgan fingerprint density at radius 2 is 1.97 bits per heavy atom. The third-order valence-electron chi connectivity index (χ3n) is 5.83. The molecule has 0 spiro atoms. The number of anilines is 2. The SMILES string of the molecule is CCCC[C@]1(C)CN(c2ccccc2)c2cc(SC)c(OC[C@@H](O)C(=O)O)cc2S(=O)(=O)C1. The van der Waals surface area contributed by atoms with Crippen molar-refractivity contribution in [2.75, 3.05) is 30.1 Å². The molecule has 2 aromatic carbocycles. The molecule has 0 fully saturated rings. The van der Waals surface area contributed by atoms with Crippen LogP contribution in [0.3, 0.4) is 0 Å². The summed E-state index contributed by atoms with van der Waals surface area (Å²) in [6.45, 7) is 4.20. The van der Waals surface area contributed by atoms with E-state index in [1.165, 1.54) is 17.8 Å². The molecule has 1 heterocycles. The molecule has 2 aromatic rings. The molecule has 1 aliphatic rings. The number of aliphatic hydroxyl groups is 1. The number of thioether (sulfide) groups is 1. The highest BCUT2D eigenvalue weighted by molar-refractivity contribution is 7.98. The number of aliphatic carboxylic acids is 1. The van der Waals surface area contributed by atoms with E-state index in [9.17, 15) is 18.3 Å². The Hall–Kier alpha value is -2.23. The van der Waals surface area contributed by atoms with Crippen LogP contribution in [0.15, 0.2) is 52.3 Å². The molecular formula is C24H31NO6S2. The molecule has 0 saturated carbocycles. The quantitative estimate of drug-likeness (QED) is 0.497. The van der Waals surface area contributed by atoms with Crippen LogP contribution in [-0.2, 0) is 14.6 Å². The smallest absolute Gasteiger partial charge is 0.336 e. The molecule has 33 heavy (non-hydrogen) atoms. The number of carbonyl (C=O) groups is 1. The molecule has 9 heteroatoms. The predicted molar refractivity (Wildman–Crippen MR) is 130 cm³/mol. The van der Waals surface area contributed by atoms with Crippen LogP contribution in [0, 0.1) is 5.41 Å². The number of para-hydroxylation sites is 1. The minimum atomic E-state index is -3.67. The number of benzene rings is 2. The lowest BCUT2D eigenvalue weighted by molar-refractivity contribution is -0.148. The van der Waals surface area contributed by atoms with Gasteiger partial charge in [0, 0.05) is 18.3 Å². The number of hydrogen-bond acceptors (Lipinski definition) is 7. The number of carboxylic acid groups (broad SMARTS) is 1. The molecule has 0 aromatic heterocycles. The van der Waals surface area contributed by atoms with Crippen LogP contribution in [0.2, 0.25) is 0 Å². The van der Waals surface area contributed by atoms with Crippen molar-refractivity contribution >= 4 is 38.9 Å². The van der Waals surface area contributed by atoms with Crippen molar-refractivity contribution in [1.29, 1.82) is 0 Å². The van der Waals surface area contributed by atoms with E-state index in [2.05, 4.69) is 11.8 Å². The van der Waals surface area contributed by atoms with Crippen LogP contribution in [-0.4, -0.2) is 55.9 Å². The molecule has 0 amide bonds. The molecule has 0 unspecified atom stereocenters. The number of hydrogen-bond donors (Lipinski definition) is 2. The summed E-state index contributed by atoms with van der Waals surface area (Å²) in [6, 6.07) is 13.0. The van der Waals surface area contributed by atoms with Crippen molar-refractivity contribution in [1.82, 2.24) is 0 Å². The van der Waals surface area contributed by atoms with Crippen molar-refractivity contribution < 1.29 is 28.2 Å². The summed E-state index contributed by atoms with van der Waals surface area (Å²) in [4.78, 5) is 13.9. The Bertz CT molecular complexity index is 1090. The van der Waals surface area contributed by atoms with Gasteiger partial charge in [-0.25, -0.2) is 13.2 Å². The molecule has 2 atom stereocenters. The van der Waals surface area contributed by atoms with E-state index in [4.69, 9.17) is 9.84 Å². The van der Waals surface area contributed by atoms with E-state index in [-0.39, 0.29) is 16.4 Å². The average molecular weight is 494 g/mol. The summed E-state index contributed by atoms with van der Waals surface area (Å²) in [7, 11) is -3.67. The molecule has 3 rings (SSSR count). The summed E-state index contributed by atoms with van der Waals surface area (Å²) in [5.41, 5.74) is 1.03. The van der Waals surface area contributed by atoms with Crippen LogP contribution in [0.1, 0.15) is 33.1 Å². The van der Waals surface area contributed by atoms with Gasteiger partial charge in [-0.3, -0.25) is 0 Å². The second kappa shape index (κ2) is 10.4. The van der Waals surface area contributed by atoms with Crippen molar-refractivity contribution in [3.05, 3.63) is 42.5 Å². The topological polar surface area (TPSA) is 104 Å². The summed E-state index contributed by atoms with van der Waals surface area (Å²) >= 11 is 1.37. The van der Waals surface area contributed by atoms with Gasteiger partial charge >= 0.3 is 5.97 Å². The number of rotatable bonds is 9. The van der Waals surface area contributed by atoms with Gasteiger partial charge < -0.3 is 19.8 Å². The zero-order chi connectivity index (χ0) is 24.2. The largest absolute Gasteiger partial charge is 0.489 e. The second-order valence-corrected chi connectivity index (χ2v) is 11.5. The van der Waals surface area contributed by atoms with Gasteiger partial charge in [-0.2, -0.15) is 0 Å². The zero-order valence-corrected chi connectivity index (χ0v) is 20.8. The van der Waals surface area contributed by atoms with Gasteiger partial charge in [-0.05, 0) is 36.3 Å². The first kappa shape index (κ1) is 25.4. The van der Waals surface area contributed by atoms with E-state index >= 15 is 0 Å². The zero-order valence-electron chi connectivity index (χ0n) is 19.2. The van der Waals surface area contributed by atoms with E-state index in [1.807, 2.05) is 43.5 Å². The fourth-order valence-electron chi connectivity index (χ4n) is 4.15. The molecule has 180 valence electrons. The van der Waals surface area contributed by atoms with Crippen molar-refractivity contribution in [3.8, 4) is 5.75 Å². The summed E-state index contributed by atoms with van der Waals surface area (Å²) in [5.74, 6) is -1.15. The van der Waals surface area contributed by atoms with E-state index in [0.29, 0.717) is 17.1 Å². The average Bonchev–Trinajstić information content (AvgIpc) is 2.87. The van der Waals surface area contributed by atoms with Gasteiger partial charge in [0.15, 0.2) is 15.9 Å². The fraction of sp³-hybridized carbons (Fsp3) is 0.458. The number of sulfone groups is 1. The van der Waals surface area contributed by atoms with Gasteiger partial charge in [0.25, 0.3) is 0 Å². The maximum absolute atomic E-state index is 13.6. The van der Waals surface area contributed by atoms with E-state index in [1.54, 1.807) is 6.07 Å². The number of ether oxygens (including phenoxy) is 1. The van der Waals surface area contributed by atoms with Crippen LogP contribution in [0.4, 0.5) is 11.4 Å². The van der Waals surface area contributed by atoms with Gasteiger partial charge in [0.2, 0.25) is 0 Å². The first-order chi connectivity index (χ1) is 15.6. The number of fused-ring (bicyclic) bond motifs is 1. The van der Waals surface area contributed by atoms with Crippen LogP contribution in [0.5, 0.6) is 5.75 Å². The minimum absolute atomic E-state index is 0.00609. The van der Waals surface area contributed by atoms with Crippen LogP contribution in [0.25, 0.3) is 0 Å². The predicted octanol–water partition coefficient (Wildman–Crippen LogP) is 4.35. The first-order valence-electron chi connectivity index (χ1n) is 10.9. The molecule has 0 bridgehead atoms. The molecule has 0 saturated heterocycles. The molecule has 7 nitrogen and oxygen atoms in total. The number of nitrogens with zero attached hydrogens (tertiary/aromatic N) is 1. The standard InChI is InChI=1S/C24H31NO6S2/c1-4-5-11-24(2)15-25(17-9-7-6-8-10-17)18-12-21(32-3)20(31-14-19(26)23(27)28)13-22(18)33(29,30)16-24/h6-10,12-13,19,26H,4-5,11,14-16H2,1-3H3,(H,27,28)/t19-,24-/m1/s1. The molecule has 0 radical (unpaired) electrons. The Kier molecular flexibility index (Phi) is 7.97. The summed E-state index contributed by atoms with van der Waals surface area (Å²) in [6.07, 6.45) is 2.83. The Morgan fingerprint density at radius 1 is 1.27 bits per heavy atom. The minimum Gasteiger partial charge on any atom is -0.489 e. The molecule has 2 N–H and O–H groups in total. The van der Waals surface area contributed by atoms with Crippen LogP contribution < -0.4 is 9.64 Å².